The molecule has 2 aromatic heterocycles. The zero-order valence-electron chi connectivity index (χ0n) is 22.1. The van der Waals surface area contributed by atoms with Gasteiger partial charge in [0.15, 0.2) is 10.8 Å². The molecule has 6 rings (SSSR count). The van der Waals surface area contributed by atoms with Crippen molar-refractivity contribution in [3.05, 3.63) is 105 Å². The predicted molar refractivity (Wildman–Crippen MR) is 154 cm³/mol. The van der Waals surface area contributed by atoms with E-state index in [1.807, 2.05) is 11.8 Å². The molecule has 4 aromatic rings. The van der Waals surface area contributed by atoms with Crippen LogP contribution in [0.1, 0.15) is 47.8 Å². The highest BCUT2D eigenvalue weighted by atomic mass is 35.5. The van der Waals surface area contributed by atoms with E-state index in [0.717, 1.165) is 24.2 Å². The molecule has 0 radical (unpaired) electrons. The summed E-state index contributed by atoms with van der Waals surface area (Å²) in [6, 6.07) is 10.6. The number of alkyl halides is 2. The maximum atomic E-state index is 14.0. The van der Waals surface area contributed by atoms with Crippen LogP contribution in [0.3, 0.4) is 0 Å². The van der Waals surface area contributed by atoms with Crippen molar-refractivity contribution >= 4 is 44.4 Å². The van der Waals surface area contributed by atoms with Crippen LogP contribution in [-0.2, 0) is 16.4 Å². The van der Waals surface area contributed by atoms with E-state index in [0.29, 0.717) is 32.4 Å². The normalized spacial score (nSPS) is 19.0. The lowest BCUT2D eigenvalue weighted by Gasteiger charge is -2.32. The summed E-state index contributed by atoms with van der Waals surface area (Å²) in [5.74, 6) is -0.0692. The van der Waals surface area contributed by atoms with Gasteiger partial charge in [0.1, 0.15) is 11.9 Å². The topological polar surface area (TPSA) is 92.5 Å². The summed E-state index contributed by atoms with van der Waals surface area (Å²) in [5, 5.41) is 6.58. The molecule has 14 heteroatoms. The van der Waals surface area contributed by atoms with E-state index in [9.17, 15) is 21.6 Å². The zero-order valence-corrected chi connectivity index (χ0v) is 24.5. The molecule has 0 saturated carbocycles. The molecule has 2 atom stereocenters. The van der Waals surface area contributed by atoms with Gasteiger partial charge < -0.3 is 4.90 Å². The number of hydrogen-bond acceptors (Lipinski definition) is 7. The summed E-state index contributed by atoms with van der Waals surface area (Å²) in [7, 11) is -3.88. The first-order valence-corrected chi connectivity index (χ1v) is 15.8. The lowest BCUT2D eigenvalue weighted by molar-refractivity contribution is 0.0564. The number of nitrogens with zero attached hydrogens (tertiary/aromatic N) is 5. The summed E-state index contributed by atoms with van der Waals surface area (Å²) < 4.78 is 71.2. The minimum Gasteiger partial charge on any atom is -0.326 e. The summed E-state index contributed by atoms with van der Waals surface area (Å²) >= 11 is 7.84. The molecule has 4 heterocycles. The van der Waals surface area contributed by atoms with Gasteiger partial charge in [-0.3, -0.25) is 4.99 Å². The van der Waals surface area contributed by atoms with Crippen LogP contribution < -0.4 is 4.72 Å². The van der Waals surface area contributed by atoms with Crippen molar-refractivity contribution in [2.24, 2.45) is 4.99 Å². The second-order valence-electron chi connectivity index (χ2n) is 9.81. The number of thiazole rings is 1. The molecule has 1 fully saturated rings. The van der Waals surface area contributed by atoms with Crippen molar-refractivity contribution in [3.63, 3.8) is 0 Å². The smallest absolute Gasteiger partial charge is 0.326 e. The highest BCUT2D eigenvalue weighted by molar-refractivity contribution is 7.89. The van der Waals surface area contributed by atoms with E-state index < -0.39 is 34.5 Å². The van der Waals surface area contributed by atoms with Crippen molar-refractivity contribution in [1.29, 1.82) is 0 Å². The van der Waals surface area contributed by atoms with E-state index >= 15 is 0 Å². The van der Waals surface area contributed by atoms with Crippen LogP contribution >= 0.6 is 22.9 Å². The Labute approximate surface area is 249 Å². The number of amidine groups is 1. The summed E-state index contributed by atoms with van der Waals surface area (Å²) in [5.41, 5.74) is 2.79. The molecule has 218 valence electrons. The summed E-state index contributed by atoms with van der Waals surface area (Å²) in [4.78, 5) is 11.4. The average Bonchev–Trinajstić information content (AvgIpc) is 3.73. The van der Waals surface area contributed by atoms with Crippen molar-refractivity contribution < 1.29 is 21.6 Å². The minimum absolute atomic E-state index is 0.104. The molecular formula is C28H24ClF3N6O2S2. The van der Waals surface area contributed by atoms with Crippen LogP contribution in [0, 0.1) is 5.82 Å². The monoisotopic (exact) mass is 632 g/mol. The number of hydrogen-bond donors (Lipinski definition) is 1. The number of benzene rings is 2. The van der Waals surface area contributed by atoms with Crippen LogP contribution in [0.2, 0.25) is 5.02 Å². The van der Waals surface area contributed by atoms with Crippen molar-refractivity contribution in [2.45, 2.75) is 43.3 Å². The third-order valence-corrected chi connectivity index (χ3v) is 9.82. The maximum absolute atomic E-state index is 14.0. The van der Waals surface area contributed by atoms with Gasteiger partial charge in [-0.25, -0.2) is 27.2 Å². The Bertz CT molecular complexity index is 1790. The molecule has 0 unspecified atom stereocenters. The van der Waals surface area contributed by atoms with Crippen LogP contribution in [0.5, 0.6) is 0 Å². The molecule has 0 bridgehead atoms. The highest BCUT2D eigenvalue weighted by Gasteiger charge is 2.42. The summed E-state index contributed by atoms with van der Waals surface area (Å²) in [6.07, 6.45) is 3.78. The Morgan fingerprint density at radius 2 is 1.95 bits per heavy atom. The third-order valence-electron chi connectivity index (χ3n) is 7.19. The molecule has 0 aliphatic carbocycles. The molecular weight excluding hydrogens is 609 g/mol. The maximum Gasteiger partial charge on any atom is 0.333 e. The van der Waals surface area contributed by atoms with Crippen LogP contribution in [-0.4, -0.2) is 46.5 Å². The fourth-order valence-electron chi connectivity index (χ4n) is 5.22. The van der Waals surface area contributed by atoms with Gasteiger partial charge in [-0.15, -0.1) is 11.3 Å². The van der Waals surface area contributed by atoms with Crippen molar-refractivity contribution in [2.75, 3.05) is 6.54 Å². The molecule has 1 saturated heterocycles. The second kappa shape index (κ2) is 11.3. The number of rotatable bonds is 8. The number of aliphatic imine (C=N–C) groups is 1. The first kappa shape index (κ1) is 28.6. The Balaban J connectivity index is 1.47. The van der Waals surface area contributed by atoms with E-state index in [2.05, 4.69) is 14.8 Å². The molecule has 0 amide bonds. The van der Waals surface area contributed by atoms with Gasteiger partial charge in [0.2, 0.25) is 10.0 Å². The largest absolute Gasteiger partial charge is 0.333 e. The quantitative estimate of drug-likeness (QED) is 0.255. The van der Waals surface area contributed by atoms with Gasteiger partial charge in [0.05, 0.1) is 10.6 Å². The Hall–Kier alpha value is -3.52. The fraction of sp³-hybridized carbons (Fsp3) is 0.250. The van der Waals surface area contributed by atoms with Gasteiger partial charge in [-0.2, -0.15) is 13.9 Å². The average molecular weight is 633 g/mol. The molecule has 2 aliphatic heterocycles. The van der Waals surface area contributed by atoms with Crippen LogP contribution in [0.25, 0.3) is 5.57 Å². The van der Waals surface area contributed by atoms with Crippen molar-refractivity contribution in [1.82, 2.24) is 24.4 Å². The molecule has 2 aromatic carbocycles. The first-order valence-electron chi connectivity index (χ1n) is 13.0. The Morgan fingerprint density at radius 3 is 2.60 bits per heavy atom. The van der Waals surface area contributed by atoms with Crippen LogP contribution in [0.4, 0.5) is 13.2 Å². The van der Waals surface area contributed by atoms with Crippen LogP contribution in [0.15, 0.2) is 81.9 Å². The summed E-state index contributed by atoms with van der Waals surface area (Å²) in [6.45, 7) is -0.670. The predicted octanol–water partition coefficient (Wildman–Crippen LogP) is 6.06. The Morgan fingerprint density at radius 1 is 1.17 bits per heavy atom. The number of halogens is 4. The van der Waals surface area contributed by atoms with E-state index in [1.54, 1.807) is 35.8 Å². The van der Waals surface area contributed by atoms with Gasteiger partial charge >= 0.3 is 6.55 Å². The molecule has 42 heavy (non-hydrogen) atoms. The lowest BCUT2D eigenvalue weighted by atomic mass is 9.92. The minimum atomic E-state index is -3.88. The number of aromatic nitrogens is 3. The number of fused-ring (bicyclic) bond motifs is 1. The number of sulfonamides is 1. The second-order valence-corrected chi connectivity index (χ2v) is 12.8. The zero-order chi connectivity index (χ0) is 29.6. The molecule has 0 spiro atoms. The van der Waals surface area contributed by atoms with E-state index in [4.69, 9.17) is 16.6 Å². The van der Waals surface area contributed by atoms with Gasteiger partial charge in [-0.1, -0.05) is 36.7 Å². The van der Waals surface area contributed by atoms with Gasteiger partial charge in [-0.05, 0) is 42.3 Å². The SMILES string of the molecule is CCc1ccc(S(=O)(=O)N[C@H]2CC3=C(c4ccn(C(F)F)n4)[C@H](c4ccc(F)cc4Cl)N=C(c4nccs4)N3C2)cc1. The van der Waals surface area contributed by atoms with E-state index in [1.165, 1.54) is 29.5 Å². The van der Waals surface area contributed by atoms with E-state index in [-0.39, 0.29) is 28.6 Å². The van der Waals surface area contributed by atoms with Crippen molar-refractivity contribution in [3.8, 4) is 0 Å². The lowest BCUT2D eigenvalue weighted by Crippen LogP contribution is -2.39. The van der Waals surface area contributed by atoms with Gasteiger partial charge in [0, 0.05) is 58.6 Å². The number of nitrogens with one attached hydrogen (secondary N) is 1. The number of aryl methyl sites for hydroxylation is 1. The van der Waals surface area contributed by atoms with Gasteiger partial charge in [0.25, 0.3) is 0 Å². The molecule has 2 aliphatic rings. The fourth-order valence-corrected chi connectivity index (χ4v) is 7.36. The highest BCUT2D eigenvalue weighted by Crippen LogP contribution is 2.46. The molecule has 8 nitrogen and oxygen atoms in total. The standard InChI is InChI=1S/C28H24ClF3N6O2S2/c1-2-16-3-6-19(7-4-16)42(39,40)36-18-14-23-24(22-9-11-38(35-22)28(31)32)25(20-8-5-17(30)13-21(20)29)34-26(37(23)15-18)27-33-10-12-41-27/h3-13,18,25,28,36H,2,14-15H2,1H3/t18-,25-/m0/s1. The first-order chi connectivity index (χ1) is 20.1. The third kappa shape index (κ3) is 5.37. The Kier molecular flexibility index (Phi) is 7.68. The molecule has 1 N–H and O–H groups in total.